The highest BCUT2D eigenvalue weighted by molar-refractivity contribution is 5.90. The van der Waals surface area contributed by atoms with Gasteiger partial charge in [0.15, 0.2) is 0 Å². The van der Waals surface area contributed by atoms with Crippen LogP contribution in [-0.4, -0.2) is 41.8 Å². The van der Waals surface area contributed by atoms with E-state index in [9.17, 15) is 14.4 Å². The molecule has 0 heterocycles. The van der Waals surface area contributed by atoms with Crippen LogP contribution in [0.3, 0.4) is 0 Å². The highest BCUT2D eigenvalue weighted by atomic mass is 16.3. The SMILES string of the molecule is C[C@@H](NC(=O)[C@@H](N)Cc1ccc(O)cc1)C(=O)NC[C]=O. The zero-order valence-corrected chi connectivity index (χ0v) is 11.6. The first-order chi connectivity index (χ1) is 9.93. The molecule has 113 valence electrons. The van der Waals surface area contributed by atoms with Gasteiger partial charge in [0.05, 0.1) is 12.6 Å². The molecule has 2 atom stereocenters. The fraction of sp³-hybridized carbons (Fsp3) is 0.357. The molecule has 1 rings (SSSR count). The number of hydrogen-bond acceptors (Lipinski definition) is 5. The molecule has 7 nitrogen and oxygen atoms in total. The first-order valence-electron chi connectivity index (χ1n) is 6.40. The van der Waals surface area contributed by atoms with Gasteiger partial charge in [0.1, 0.15) is 11.8 Å². The van der Waals surface area contributed by atoms with E-state index in [1.807, 2.05) is 0 Å². The number of nitrogens with one attached hydrogen (secondary N) is 2. The lowest BCUT2D eigenvalue weighted by Gasteiger charge is -2.17. The van der Waals surface area contributed by atoms with Gasteiger partial charge in [-0.3, -0.25) is 14.4 Å². The van der Waals surface area contributed by atoms with Gasteiger partial charge in [-0.15, -0.1) is 0 Å². The van der Waals surface area contributed by atoms with E-state index < -0.39 is 23.9 Å². The van der Waals surface area contributed by atoms with Crippen molar-refractivity contribution >= 4 is 18.1 Å². The molecule has 0 saturated carbocycles. The second kappa shape index (κ2) is 8.01. The molecule has 0 aliphatic heterocycles. The molecule has 0 unspecified atom stereocenters. The van der Waals surface area contributed by atoms with Crippen LogP contribution in [0.1, 0.15) is 12.5 Å². The molecule has 1 aromatic carbocycles. The van der Waals surface area contributed by atoms with Crippen molar-refractivity contribution in [1.82, 2.24) is 10.6 Å². The van der Waals surface area contributed by atoms with Crippen molar-refractivity contribution in [3.63, 3.8) is 0 Å². The normalized spacial score (nSPS) is 13.0. The smallest absolute Gasteiger partial charge is 0.242 e. The van der Waals surface area contributed by atoms with Gasteiger partial charge in [-0.05, 0) is 31.0 Å². The number of rotatable bonds is 7. The molecule has 0 spiro atoms. The van der Waals surface area contributed by atoms with Crippen LogP contribution in [0.2, 0.25) is 0 Å². The summed E-state index contributed by atoms with van der Waals surface area (Å²) in [6, 6.07) is 4.73. The summed E-state index contributed by atoms with van der Waals surface area (Å²) >= 11 is 0. The molecule has 0 saturated heterocycles. The lowest BCUT2D eigenvalue weighted by molar-refractivity contribution is -0.129. The molecule has 0 aliphatic carbocycles. The maximum Gasteiger partial charge on any atom is 0.242 e. The van der Waals surface area contributed by atoms with Crippen LogP contribution in [0.5, 0.6) is 5.75 Å². The van der Waals surface area contributed by atoms with Crippen molar-refractivity contribution in [2.24, 2.45) is 5.73 Å². The van der Waals surface area contributed by atoms with E-state index in [0.717, 1.165) is 5.56 Å². The van der Waals surface area contributed by atoms with E-state index in [1.165, 1.54) is 25.3 Å². The van der Waals surface area contributed by atoms with Gasteiger partial charge in [0, 0.05) is 0 Å². The summed E-state index contributed by atoms with van der Waals surface area (Å²) in [4.78, 5) is 33.4. The highest BCUT2D eigenvalue weighted by Crippen LogP contribution is 2.10. The first-order valence-corrected chi connectivity index (χ1v) is 6.40. The Balaban J connectivity index is 2.48. The predicted molar refractivity (Wildman–Crippen MR) is 76.1 cm³/mol. The number of aromatic hydroxyl groups is 1. The quantitative estimate of drug-likeness (QED) is 0.513. The Morgan fingerprint density at radius 3 is 2.48 bits per heavy atom. The van der Waals surface area contributed by atoms with Gasteiger partial charge in [0.2, 0.25) is 18.1 Å². The Hall–Kier alpha value is -2.41. The summed E-state index contributed by atoms with van der Waals surface area (Å²) in [5, 5.41) is 13.9. The third-order valence-electron chi connectivity index (χ3n) is 2.82. The lowest BCUT2D eigenvalue weighted by atomic mass is 10.1. The average Bonchev–Trinajstić information content (AvgIpc) is 2.46. The van der Waals surface area contributed by atoms with Gasteiger partial charge >= 0.3 is 0 Å². The molecule has 5 N–H and O–H groups in total. The molecule has 0 bridgehead atoms. The predicted octanol–water partition coefficient (Wildman–Crippen LogP) is -1.01. The summed E-state index contributed by atoms with van der Waals surface area (Å²) in [5.74, 6) is -0.821. The Labute approximate surface area is 122 Å². The summed E-state index contributed by atoms with van der Waals surface area (Å²) in [7, 11) is 0. The first kappa shape index (κ1) is 16.6. The Bertz CT molecular complexity index is 501. The fourth-order valence-electron chi connectivity index (χ4n) is 1.64. The van der Waals surface area contributed by atoms with Crippen molar-refractivity contribution in [1.29, 1.82) is 0 Å². The van der Waals surface area contributed by atoms with E-state index in [1.54, 1.807) is 12.1 Å². The number of nitrogens with two attached hydrogens (primary N) is 1. The molecule has 0 aromatic heterocycles. The maximum atomic E-state index is 11.9. The van der Waals surface area contributed by atoms with Crippen LogP contribution in [-0.2, 0) is 20.8 Å². The van der Waals surface area contributed by atoms with Crippen molar-refractivity contribution in [2.75, 3.05) is 6.54 Å². The van der Waals surface area contributed by atoms with E-state index in [4.69, 9.17) is 10.8 Å². The van der Waals surface area contributed by atoms with Crippen LogP contribution in [0.25, 0.3) is 0 Å². The van der Waals surface area contributed by atoms with E-state index in [-0.39, 0.29) is 18.7 Å². The summed E-state index contributed by atoms with van der Waals surface area (Å²) < 4.78 is 0. The zero-order chi connectivity index (χ0) is 15.8. The Morgan fingerprint density at radius 2 is 1.90 bits per heavy atom. The van der Waals surface area contributed by atoms with E-state index in [2.05, 4.69) is 10.6 Å². The monoisotopic (exact) mass is 292 g/mol. The molecule has 0 aliphatic rings. The lowest BCUT2D eigenvalue weighted by Crippen LogP contribution is -2.51. The molecule has 21 heavy (non-hydrogen) atoms. The topological polar surface area (TPSA) is 122 Å². The average molecular weight is 292 g/mol. The number of phenolic OH excluding ortho intramolecular Hbond substituents is 1. The second-order valence-corrected chi connectivity index (χ2v) is 4.57. The number of carbonyl (C=O) groups excluding carboxylic acids is 3. The van der Waals surface area contributed by atoms with Gasteiger partial charge in [-0.1, -0.05) is 12.1 Å². The van der Waals surface area contributed by atoms with E-state index >= 15 is 0 Å². The number of benzene rings is 1. The third-order valence-corrected chi connectivity index (χ3v) is 2.82. The van der Waals surface area contributed by atoms with Crippen molar-refractivity contribution < 1.29 is 19.5 Å². The minimum Gasteiger partial charge on any atom is -0.508 e. The number of carbonyl (C=O) groups is 2. The molecular formula is C14H18N3O4. The van der Waals surface area contributed by atoms with Gasteiger partial charge in [-0.25, -0.2) is 0 Å². The largest absolute Gasteiger partial charge is 0.508 e. The number of phenols is 1. The van der Waals surface area contributed by atoms with Crippen molar-refractivity contribution in [2.45, 2.75) is 25.4 Å². The summed E-state index contributed by atoms with van der Waals surface area (Å²) in [6.45, 7) is 1.27. The van der Waals surface area contributed by atoms with Crippen LogP contribution in [0.4, 0.5) is 0 Å². The molecule has 7 heteroatoms. The molecule has 1 radical (unpaired) electrons. The summed E-state index contributed by atoms with van der Waals surface area (Å²) in [6.07, 6.45) is 1.81. The Morgan fingerprint density at radius 1 is 1.29 bits per heavy atom. The second-order valence-electron chi connectivity index (χ2n) is 4.57. The molecular weight excluding hydrogens is 274 g/mol. The van der Waals surface area contributed by atoms with E-state index in [0.29, 0.717) is 0 Å². The van der Waals surface area contributed by atoms with Crippen LogP contribution in [0.15, 0.2) is 24.3 Å². The number of amides is 2. The minimum atomic E-state index is -0.817. The fourth-order valence-corrected chi connectivity index (χ4v) is 1.64. The zero-order valence-electron chi connectivity index (χ0n) is 11.6. The standard InChI is InChI=1S/C14H18N3O4/c1-9(13(20)16-6-7-18)17-14(21)12(15)8-10-2-4-11(19)5-3-10/h2-5,9,12,19H,6,8,15H2,1H3,(H,16,20)(H,17,21)/t9-,12+/m1/s1. The number of hydrogen-bond donors (Lipinski definition) is 4. The molecule has 2 amide bonds. The van der Waals surface area contributed by atoms with Crippen molar-refractivity contribution in [3.8, 4) is 5.75 Å². The van der Waals surface area contributed by atoms with Gasteiger partial charge in [0.25, 0.3) is 0 Å². The molecule has 0 fully saturated rings. The minimum absolute atomic E-state index is 0.133. The van der Waals surface area contributed by atoms with Crippen LogP contribution < -0.4 is 16.4 Å². The van der Waals surface area contributed by atoms with Gasteiger partial charge < -0.3 is 21.5 Å². The Kier molecular flexibility index (Phi) is 6.35. The maximum absolute atomic E-state index is 11.9. The third kappa shape index (κ3) is 5.62. The molecule has 1 aromatic rings. The summed E-state index contributed by atoms with van der Waals surface area (Å²) in [5.41, 5.74) is 6.56. The highest BCUT2D eigenvalue weighted by Gasteiger charge is 2.20. The van der Waals surface area contributed by atoms with Crippen molar-refractivity contribution in [3.05, 3.63) is 29.8 Å². The van der Waals surface area contributed by atoms with Crippen LogP contribution in [0, 0.1) is 0 Å². The van der Waals surface area contributed by atoms with Gasteiger partial charge in [-0.2, -0.15) is 0 Å². The van der Waals surface area contributed by atoms with Crippen LogP contribution >= 0.6 is 0 Å².